The molecule has 0 bridgehead atoms. The summed E-state index contributed by atoms with van der Waals surface area (Å²) < 4.78 is 3.38. The van der Waals surface area contributed by atoms with Crippen LogP contribution in [-0.2, 0) is 0 Å². The van der Waals surface area contributed by atoms with Crippen molar-refractivity contribution in [3.63, 3.8) is 0 Å². The summed E-state index contributed by atoms with van der Waals surface area (Å²) in [6, 6.07) is 16.5. The molecule has 1 N–H and O–H groups in total. The van der Waals surface area contributed by atoms with Gasteiger partial charge in [-0.1, -0.05) is 30.3 Å². The van der Waals surface area contributed by atoms with Crippen molar-refractivity contribution < 1.29 is 9.94 Å². The molecule has 0 aliphatic heterocycles. The van der Waals surface area contributed by atoms with E-state index in [0.29, 0.717) is 0 Å². The highest BCUT2D eigenvalue weighted by molar-refractivity contribution is 5.72. The average Bonchev–Trinajstić information content (AvgIpc) is 2.94. The Labute approximate surface area is 124 Å². The summed E-state index contributed by atoms with van der Waals surface area (Å²) in [4.78, 5) is 0. The number of hydrogen-bond donors (Lipinski definition) is 1. The summed E-state index contributed by atoms with van der Waals surface area (Å²) >= 11 is 0. The van der Waals surface area contributed by atoms with Crippen LogP contribution in [0.5, 0.6) is 0 Å². The molecule has 0 radical (unpaired) electrons. The third-order valence-corrected chi connectivity index (χ3v) is 3.81. The van der Waals surface area contributed by atoms with Gasteiger partial charge in [-0.2, -0.15) is 7.05 Å². The minimum absolute atomic E-state index is 0.217. The van der Waals surface area contributed by atoms with E-state index in [4.69, 9.17) is 0 Å². The molecular weight excluding hydrogens is 262 g/mol. The zero-order chi connectivity index (χ0) is 14.7. The lowest BCUT2D eigenvalue weighted by Crippen LogP contribution is -2.29. The van der Waals surface area contributed by atoms with Gasteiger partial charge < -0.3 is 9.88 Å². The van der Waals surface area contributed by atoms with Crippen molar-refractivity contribution in [1.82, 2.24) is 4.57 Å². The minimum Gasteiger partial charge on any atom is -0.665 e. The van der Waals surface area contributed by atoms with Crippen LogP contribution in [0.3, 0.4) is 0 Å². The first-order valence-electron chi connectivity index (χ1n) is 7.12. The second kappa shape index (κ2) is 5.97. The number of rotatable bonds is 5. The summed E-state index contributed by atoms with van der Waals surface area (Å²) in [6.07, 6.45) is 4.61. The van der Waals surface area contributed by atoms with E-state index in [9.17, 15) is 5.21 Å². The third-order valence-electron chi connectivity index (χ3n) is 3.81. The molecule has 4 nitrogen and oxygen atoms in total. The predicted molar refractivity (Wildman–Crippen MR) is 82.7 cm³/mol. The Morgan fingerprint density at radius 1 is 1.14 bits per heavy atom. The van der Waals surface area contributed by atoms with E-state index in [1.807, 2.05) is 37.5 Å². The zero-order valence-corrected chi connectivity index (χ0v) is 12.1. The van der Waals surface area contributed by atoms with Crippen LogP contribution in [0.2, 0.25) is 0 Å². The summed E-state index contributed by atoms with van der Waals surface area (Å²) in [6.45, 7) is 0.811. The SMILES string of the molecule is C[N-]CCC(c1ccccc1)n1ccc2c1ccc[n+]2O. The van der Waals surface area contributed by atoms with Gasteiger partial charge in [0.15, 0.2) is 0 Å². The van der Waals surface area contributed by atoms with Gasteiger partial charge >= 0.3 is 0 Å². The molecule has 108 valence electrons. The molecule has 2 aromatic heterocycles. The van der Waals surface area contributed by atoms with E-state index < -0.39 is 0 Å². The Morgan fingerprint density at radius 2 is 1.95 bits per heavy atom. The largest absolute Gasteiger partial charge is 0.665 e. The number of hydrogen-bond acceptors (Lipinski definition) is 1. The zero-order valence-electron chi connectivity index (χ0n) is 12.1. The highest BCUT2D eigenvalue weighted by Gasteiger charge is 2.18. The second-order valence-electron chi connectivity index (χ2n) is 5.10. The van der Waals surface area contributed by atoms with E-state index in [-0.39, 0.29) is 6.04 Å². The average molecular weight is 281 g/mol. The number of nitrogens with zero attached hydrogens (tertiary/aromatic N) is 3. The van der Waals surface area contributed by atoms with Crippen LogP contribution in [-0.4, -0.2) is 23.4 Å². The van der Waals surface area contributed by atoms with Crippen LogP contribution in [0.25, 0.3) is 16.4 Å². The van der Waals surface area contributed by atoms with Crippen molar-refractivity contribution in [3.8, 4) is 0 Å². The van der Waals surface area contributed by atoms with Gasteiger partial charge in [-0.3, -0.25) is 5.21 Å². The lowest BCUT2D eigenvalue weighted by atomic mass is 10.0. The highest BCUT2D eigenvalue weighted by Crippen LogP contribution is 2.26. The summed E-state index contributed by atoms with van der Waals surface area (Å²) in [5, 5.41) is 14.1. The molecule has 0 aliphatic rings. The van der Waals surface area contributed by atoms with Crippen molar-refractivity contribution in [3.05, 3.63) is 71.8 Å². The van der Waals surface area contributed by atoms with Crippen molar-refractivity contribution in [1.29, 1.82) is 0 Å². The van der Waals surface area contributed by atoms with Gasteiger partial charge in [-0.05, 0) is 18.1 Å². The Morgan fingerprint density at radius 3 is 2.71 bits per heavy atom. The fraction of sp³-hybridized carbons (Fsp3) is 0.235. The number of aromatic nitrogens is 2. The fourth-order valence-corrected chi connectivity index (χ4v) is 2.77. The standard InChI is InChI=1S/C17H19N3O/c1-18-11-9-15(14-6-3-2-4-7-14)19-13-10-17-16(19)8-5-12-20(17)21/h2-8,10,12-13,15,21H,9,11H2,1H3. The maximum Gasteiger partial charge on any atom is 0.282 e. The summed E-state index contributed by atoms with van der Waals surface area (Å²) in [5.74, 6) is 0. The van der Waals surface area contributed by atoms with Gasteiger partial charge in [0.1, 0.15) is 5.52 Å². The molecule has 2 heterocycles. The van der Waals surface area contributed by atoms with Crippen LogP contribution in [0.4, 0.5) is 0 Å². The van der Waals surface area contributed by atoms with Crippen LogP contribution in [0.1, 0.15) is 18.0 Å². The van der Waals surface area contributed by atoms with Gasteiger partial charge in [0, 0.05) is 23.1 Å². The molecule has 4 heteroatoms. The molecule has 1 aromatic carbocycles. The van der Waals surface area contributed by atoms with Crippen molar-refractivity contribution in [2.24, 2.45) is 0 Å². The first-order chi connectivity index (χ1) is 10.3. The molecule has 1 atom stereocenters. The Kier molecular flexibility index (Phi) is 3.88. The van der Waals surface area contributed by atoms with Gasteiger partial charge in [0.25, 0.3) is 5.52 Å². The summed E-state index contributed by atoms with van der Waals surface area (Å²) in [7, 11) is 1.84. The second-order valence-corrected chi connectivity index (χ2v) is 5.10. The first kappa shape index (κ1) is 13.6. The lowest BCUT2D eigenvalue weighted by molar-refractivity contribution is -0.884. The quantitative estimate of drug-likeness (QED) is 0.566. The molecule has 21 heavy (non-hydrogen) atoms. The van der Waals surface area contributed by atoms with E-state index in [1.165, 1.54) is 5.56 Å². The highest BCUT2D eigenvalue weighted by atomic mass is 16.5. The van der Waals surface area contributed by atoms with Gasteiger partial charge in [-0.15, -0.1) is 6.54 Å². The molecule has 3 aromatic rings. The van der Waals surface area contributed by atoms with Crippen LogP contribution >= 0.6 is 0 Å². The maximum absolute atomic E-state index is 9.90. The smallest absolute Gasteiger partial charge is 0.282 e. The molecule has 3 rings (SSSR count). The predicted octanol–water partition coefficient (Wildman–Crippen LogP) is 3.15. The van der Waals surface area contributed by atoms with Crippen molar-refractivity contribution >= 4 is 11.0 Å². The van der Waals surface area contributed by atoms with Crippen LogP contribution < -0.4 is 4.73 Å². The van der Waals surface area contributed by atoms with E-state index in [0.717, 1.165) is 28.7 Å². The Hall–Kier alpha value is -2.33. The van der Waals surface area contributed by atoms with E-state index >= 15 is 0 Å². The van der Waals surface area contributed by atoms with E-state index in [1.54, 1.807) is 6.20 Å². The fourth-order valence-electron chi connectivity index (χ4n) is 2.77. The monoisotopic (exact) mass is 281 g/mol. The van der Waals surface area contributed by atoms with Crippen molar-refractivity contribution in [2.45, 2.75) is 12.5 Å². The van der Waals surface area contributed by atoms with Crippen LogP contribution in [0.15, 0.2) is 60.9 Å². The normalized spacial score (nSPS) is 12.6. The lowest BCUT2D eigenvalue weighted by Gasteiger charge is -2.23. The van der Waals surface area contributed by atoms with Crippen molar-refractivity contribution in [2.75, 3.05) is 13.6 Å². The van der Waals surface area contributed by atoms with Gasteiger partial charge in [0.05, 0.1) is 6.04 Å². The van der Waals surface area contributed by atoms with Crippen LogP contribution in [0, 0.1) is 0 Å². The number of pyridine rings is 1. The van der Waals surface area contributed by atoms with Gasteiger partial charge in [0.2, 0.25) is 6.20 Å². The molecule has 0 amide bonds. The third kappa shape index (κ3) is 2.62. The molecule has 0 saturated carbocycles. The molecule has 0 aliphatic carbocycles. The number of fused-ring (bicyclic) bond motifs is 1. The Bertz CT molecular complexity index is 721. The minimum atomic E-state index is 0.217. The molecule has 1 unspecified atom stereocenters. The molecular formula is C17H19N3O. The summed E-state index contributed by atoms with van der Waals surface area (Å²) in [5.41, 5.74) is 3.09. The number of benzene rings is 1. The molecule has 0 saturated heterocycles. The molecule has 0 spiro atoms. The van der Waals surface area contributed by atoms with E-state index in [2.05, 4.69) is 34.1 Å². The molecule has 0 fully saturated rings. The maximum atomic E-state index is 9.90. The Balaban J connectivity index is 2.08. The van der Waals surface area contributed by atoms with Gasteiger partial charge in [-0.25, -0.2) is 0 Å². The topological polar surface area (TPSA) is 43.1 Å². The first-order valence-corrected chi connectivity index (χ1v) is 7.12.